The van der Waals surface area contributed by atoms with E-state index >= 15 is 4.39 Å². The number of aryl methyl sites for hydroxylation is 1. The monoisotopic (exact) mass is 849 g/mol. The van der Waals surface area contributed by atoms with E-state index < -0.39 is 54.7 Å². The summed E-state index contributed by atoms with van der Waals surface area (Å²) in [7, 11) is -7.36. The van der Waals surface area contributed by atoms with Crippen LogP contribution in [0.5, 0.6) is 11.8 Å². The fourth-order valence-electron chi connectivity index (χ4n) is 5.97. The molecule has 294 valence electrons. The zero-order valence-electron chi connectivity index (χ0n) is 29.9. The van der Waals surface area contributed by atoms with Crippen LogP contribution in [0.25, 0.3) is 44.6 Å². The van der Waals surface area contributed by atoms with Crippen molar-refractivity contribution in [3.05, 3.63) is 119 Å². The maximum Gasteiger partial charge on any atom is 0.324 e. The Hall–Kier alpha value is -6.51. The third-order valence-corrected chi connectivity index (χ3v) is 11.4. The van der Waals surface area contributed by atoms with Gasteiger partial charge in [0, 0.05) is 48.2 Å². The van der Waals surface area contributed by atoms with Crippen LogP contribution in [0.15, 0.2) is 95.0 Å². The van der Waals surface area contributed by atoms with Crippen LogP contribution in [0.3, 0.4) is 0 Å². The van der Waals surface area contributed by atoms with Crippen molar-refractivity contribution in [1.82, 2.24) is 40.0 Å². The van der Waals surface area contributed by atoms with Crippen molar-refractivity contribution in [3.8, 4) is 34.3 Å². The lowest BCUT2D eigenvalue weighted by Gasteiger charge is -2.23. The molecule has 58 heavy (non-hydrogen) atoms. The lowest BCUT2D eigenvalue weighted by atomic mass is 10.0. The summed E-state index contributed by atoms with van der Waals surface area (Å²) < 4.78 is 114. The molecule has 0 saturated carbocycles. The molecule has 0 spiro atoms. The topological polar surface area (TPSA) is 179 Å². The number of nitrogens with zero attached hydrogens (tertiary/aromatic N) is 8. The Balaban J connectivity index is 1.37. The zero-order chi connectivity index (χ0) is 41.3. The summed E-state index contributed by atoms with van der Waals surface area (Å²) in [5.41, 5.74) is 0.949. The first-order chi connectivity index (χ1) is 27.5. The van der Waals surface area contributed by atoms with Crippen LogP contribution in [0, 0.1) is 30.2 Å². The molecule has 0 unspecified atom stereocenters. The highest BCUT2D eigenvalue weighted by atomic mass is 35.5. The van der Waals surface area contributed by atoms with Crippen molar-refractivity contribution in [2.45, 2.75) is 16.7 Å². The molecule has 8 aromatic rings. The second-order valence-electron chi connectivity index (χ2n) is 12.9. The number of sulfone groups is 2. The van der Waals surface area contributed by atoms with Gasteiger partial charge in [-0.25, -0.2) is 44.4 Å². The Bertz CT molecular complexity index is 3220. The van der Waals surface area contributed by atoms with E-state index in [2.05, 4.69) is 30.1 Å². The Morgan fingerprint density at radius 2 is 1.40 bits per heavy atom. The Morgan fingerprint density at radius 1 is 0.741 bits per heavy atom. The SMILES string of the molecule is Cc1ccc(S(C)(=O)=O)cc1-c1nn(N(c2ncc3c(-c4cc(S(C)(=O)=O)ccc4Cl)n[nH]c3n2)c2ccc(F)cc2F)c2nc(Oc3ccc(F)cc3F)ncc12. The molecule has 1 N–H and O–H groups in total. The molecule has 0 fully saturated rings. The largest absolute Gasteiger partial charge is 0.421 e. The van der Waals surface area contributed by atoms with Crippen molar-refractivity contribution in [2.24, 2.45) is 0 Å². The minimum absolute atomic E-state index is 0.0234. The molecule has 0 amide bonds. The first kappa shape index (κ1) is 38.4. The second-order valence-corrected chi connectivity index (χ2v) is 17.3. The van der Waals surface area contributed by atoms with Crippen molar-refractivity contribution >= 4 is 65.0 Å². The molecule has 21 heteroatoms. The van der Waals surface area contributed by atoms with E-state index in [1.54, 1.807) is 13.0 Å². The number of anilines is 2. The molecule has 0 aliphatic carbocycles. The van der Waals surface area contributed by atoms with Gasteiger partial charge in [0.15, 0.2) is 48.4 Å². The summed E-state index contributed by atoms with van der Waals surface area (Å²) in [5, 5.41) is 13.4. The van der Waals surface area contributed by atoms with Gasteiger partial charge in [-0.1, -0.05) is 17.7 Å². The number of halogens is 5. The predicted octanol–water partition coefficient (Wildman–Crippen LogP) is 7.55. The smallest absolute Gasteiger partial charge is 0.324 e. The van der Waals surface area contributed by atoms with E-state index in [-0.39, 0.29) is 65.5 Å². The molecule has 0 aliphatic heterocycles. The summed E-state index contributed by atoms with van der Waals surface area (Å²) in [4.78, 5) is 18.7. The van der Waals surface area contributed by atoms with Crippen molar-refractivity contribution in [1.29, 1.82) is 0 Å². The second kappa shape index (κ2) is 14.1. The van der Waals surface area contributed by atoms with Gasteiger partial charge in [0.1, 0.15) is 28.7 Å². The van der Waals surface area contributed by atoms with E-state index in [0.717, 1.165) is 46.6 Å². The van der Waals surface area contributed by atoms with Gasteiger partial charge in [-0.2, -0.15) is 20.1 Å². The predicted molar refractivity (Wildman–Crippen MR) is 204 cm³/mol. The molecule has 4 heterocycles. The number of benzene rings is 4. The van der Waals surface area contributed by atoms with Gasteiger partial charge in [-0.05, 0) is 67.1 Å². The normalized spacial score (nSPS) is 12.1. The van der Waals surface area contributed by atoms with E-state index in [1.807, 2.05) is 0 Å². The number of aromatic nitrogens is 8. The number of hydrogen-bond donors (Lipinski definition) is 1. The van der Waals surface area contributed by atoms with Crippen LogP contribution in [0.2, 0.25) is 5.02 Å². The first-order valence-electron chi connectivity index (χ1n) is 16.6. The molecule has 0 bridgehead atoms. The molecule has 0 aliphatic rings. The molecular formula is C37H24ClF4N9O5S2. The highest BCUT2D eigenvalue weighted by Crippen LogP contribution is 2.38. The third kappa shape index (κ3) is 7.05. The van der Waals surface area contributed by atoms with E-state index in [0.29, 0.717) is 23.3 Å². The highest BCUT2D eigenvalue weighted by molar-refractivity contribution is 7.91. The maximum absolute atomic E-state index is 16.0. The molecule has 0 radical (unpaired) electrons. The van der Waals surface area contributed by atoms with Gasteiger partial charge in [0.2, 0.25) is 0 Å². The fourth-order valence-corrected chi connectivity index (χ4v) is 7.48. The summed E-state index contributed by atoms with van der Waals surface area (Å²) in [6, 6.07) is 13.2. The van der Waals surface area contributed by atoms with Crippen molar-refractivity contribution in [2.75, 3.05) is 17.5 Å². The minimum Gasteiger partial charge on any atom is -0.421 e. The molecule has 8 rings (SSSR count). The lowest BCUT2D eigenvalue weighted by Crippen LogP contribution is -2.29. The quantitative estimate of drug-likeness (QED) is 0.141. The molecule has 4 aromatic heterocycles. The van der Waals surface area contributed by atoms with Gasteiger partial charge in [-0.15, -0.1) is 9.89 Å². The van der Waals surface area contributed by atoms with Gasteiger partial charge in [-0.3, -0.25) is 5.10 Å². The minimum atomic E-state index is -3.72. The molecule has 4 aromatic carbocycles. The molecular weight excluding hydrogens is 826 g/mol. The lowest BCUT2D eigenvalue weighted by molar-refractivity contribution is 0.409. The maximum atomic E-state index is 16.0. The number of hydrogen-bond acceptors (Lipinski definition) is 12. The highest BCUT2D eigenvalue weighted by Gasteiger charge is 2.28. The van der Waals surface area contributed by atoms with Gasteiger partial charge < -0.3 is 4.74 Å². The number of ether oxygens (including phenoxy) is 1. The molecule has 0 atom stereocenters. The van der Waals surface area contributed by atoms with Gasteiger partial charge >= 0.3 is 6.01 Å². The van der Waals surface area contributed by atoms with Crippen LogP contribution in [0.4, 0.5) is 29.2 Å². The number of rotatable bonds is 9. The van der Waals surface area contributed by atoms with Crippen LogP contribution >= 0.6 is 11.6 Å². The summed E-state index contributed by atoms with van der Waals surface area (Å²) >= 11 is 6.47. The van der Waals surface area contributed by atoms with E-state index in [4.69, 9.17) is 21.4 Å². The van der Waals surface area contributed by atoms with Crippen molar-refractivity contribution < 1.29 is 39.1 Å². The summed E-state index contributed by atoms with van der Waals surface area (Å²) in [6.07, 6.45) is 4.63. The van der Waals surface area contributed by atoms with Crippen LogP contribution in [0.1, 0.15) is 5.56 Å². The van der Waals surface area contributed by atoms with Gasteiger partial charge in [0.25, 0.3) is 5.95 Å². The van der Waals surface area contributed by atoms with E-state index in [1.165, 1.54) is 42.7 Å². The van der Waals surface area contributed by atoms with Crippen molar-refractivity contribution in [3.63, 3.8) is 0 Å². The van der Waals surface area contributed by atoms with Crippen LogP contribution < -0.4 is 9.75 Å². The average molecular weight is 850 g/mol. The number of fused-ring (bicyclic) bond motifs is 2. The zero-order valence-corrected chi connectivity index (χ0v) is 32.3. The molecule has 0 saturated heterocycles. The van der Waals surface area contributed by atoms with Crippen LogP contribution in [-0.2, 0) is 19.7 Å². The van der Waals surface area contributed by atoms with Crippen LogP contribution in [-0.4, -0.2) is 69.4 Å². The Labute approximate surface area is 330 Å². The number of aromatic amines is 1. The Morgan fingerprint density at radius 3 is 2.09 bits per heavy atom. The number of nitrogens with one attached hydrogen (secondary N) is 1. The summed E-state index contributed by atoms with van der Waals surface area (Å²) in [5.74, 6) is -4.67. The van der Waals surface area contributed by atoms with Gasteiger partial charge in [0.05, 0.1) is 25.6 Å². The van der Waals surface area contributed by atoms with E-state index in [9.17, 15) is 30.0 Å². The number of H-pyrrole nitrogens is 1. The third-order valence-electron chi connectivity index (χ3n) is 8.82. The average Bonchev–Trinajstić information content (AvgIpc) is 3.74. The first-order valence-corrected chi connectivity index (χ1v) is 20.8. The standard InChI is InChI=1S/C37H24ClF4N9O5S2/c1-18-4-7-21(57(2,52)53)14-23(18)33-26-17-44-37(56-31-11-6-20(40)13-29(31)42)46-35(26)51(49-33)50(30-10-5-19(39)12-28(30)41)36-43-16-25-32(47-48-34(25)45-36)24-15-22(58(3,54)55)8-9-27(24)38/h4-17H,1-3H3,(H,43,45,47,48). The molecule has 14 nitrogen and oxygen atoms in total. The summed E-state index contributed by atoms with van der Waals surface area (Å²) in [6.45, 7) is 1.70. The Kier molecular flexibility index (Phi) is 9.36. The fraction of sp³-hybridized carbons (Fsp3) is 0.0811.